The number of sulfone groups is 1. The van der Waals surface area contributed by atoms with E-state index in [1.54, 1.807) is 0 Å². The van der Waals surface area contributed by atoms with Gasteiger partial charge in [0.2, 0.25) is 0 Å². The molecule has 6 nitrogen and oxygen atoms in total. The molecule has 8 heteroatoms. The largest absolute Gasteiger partial charge is 0.470 e. The Balaban J connectivity index is 2.28. The van der Waals surface area contributed by atoms with E-state index >= 15 is 0 Å². The van der Waals surface area contributed by atoms with Crippen molar-refractivity contribution in [1.29, 1.82) is 0 Å². The summed E-state index contributed by atoms with van der Waals surface area (Å²) in [5.41, 5.74) is -0.521. The van der Waals surface area contributed by atoms with Crippen molar-refractivity contribution < 1.29 is 18.3 Å². The van der Waals surface area contributed by atoms with Gasteiger partial charge in [-0.2, -0.15) is 0 Å². The van der Waals surface area contributed by atoms with Gasteiger partial charge in [-0.15, -0.1) is 0 Å². The zero-order valence-corrected chi connectivity index (χ0v) is 13.0. The van der Waals surface area contributed by atoms with Crippen LogP contribution < -0.4 is 5.32 Å². The molecule has 112 valence electrons. The molecule has 1 fully saturated rings. The Bertz CT molecular complexity index is 413. The Morgan fingerprint density at radius 1 is 1.53 bits per heavy atom. The Morgan fingerprint density at radius 3 is 2.74 bits per heavy atom. The molecule has 0 radical (unpaired) electrons. The standard InChI is InChI=1S/C11H22N2O4S2/c1-11(3-8-19(15,16)9-11)12-10(18)17-7-5-13(2)4-6-14/h14H,3-9H2,1-2H3,(H,12,18). The molecule has 1 saturated heterocycles. The van der Waals surface area contributed by atoms with E-state index in [1.165, 1.54) is 0 Å². The third-order valence-electron chi connectivity index (χ3n) is 3.10. The van der Waals surface area contributed by atoms with E-state index in [2.05, 4.69) is 5.32 Å². The summed E-state index contributed by atoms with van der Waals surface area (Å²) in [4.78, 5) is 1.92. The van der Waals surface area contributed by atoms with E-state index in [-0.39, 0.29) is 23.3 Å². The van der Waals surface area contributed by atoms with E-state index in [4.69, 9.17) is 22.1 Å². The minimum atomic E-state index is -2.95. The lowest BCUT2D eigenvalue weighted by Crippen LogP contribution is -2.47. The molecule has 0 spiro atoms. The van der Waals surface area contributed by atoms with Crippen LogP contribution >= 0.6 is 12.2 Å². The van der Waals surface area contributed by atoms with Crippen molar-refractivity contribution in [2.45, 2.75) is 18.9 Å². The monoisotopic (exact) mass is 310 g/mol. The zero-order valence-electron chi connectivity index (χ0n) is 11.4. The maximum atomic E-state index is 11.4. The molecular weight excluding hydrogens is 288 g/mol. The molecule has 1 heterocycles. The molecular formula is C11H22N2O4S2. The fourth-order valence-electron chi connectivity index (χ4n) is 1.97. The van der Waals surface area contributed by atoms with Gasteiger partial charge in [-0.05, 0) is 32.6 Å². The molecule has 1 atom stereocenters. The first-order chi connectivity index (χ1) is 8.76. The van der Waals surface area contributed by atoms with Crippen LogP contribution in [-0.4, -0.2) is 74.0 Å². The number of likely N-dealkylation sites (N-methyl/N-ethyl adjacent to an activating group) is 1. The fourth-order valence-corrected chi connectivity index (χ4v) is 4.39. The number of aliphatic hydroxyl groups excluding tert-OH is 1. The summed E-state index contributed by atoms with van der Waals surface area (Å²) in [6.45, 7) is 3.59. The highest BCUT2D eigenvalue weighted by Gasteiger charge is 2.39. The maximum absolute atomic E-state index is 11.4. The van der Waals surface area contributed by atoms with Gasteiger partial charge in [0.1, 0.15) is 6.61 Å². The minimum Gasteiger partial charge on any atom is -0.470 e. The molecule has 1 aliphatic rings. The average Bonchev–Trinajstić information content (AvgIpc) is 2.52. The van der Waals surface area contributed by atoms with Crippen molar-refractivity contribution in [3.8, 4) is 0 Å². The van der Waals surface area contributed by atoms with Crippen LogP contribution in [0.2, 0.25) is 0 Å². The zero-order chi connectivity index (χ0) is 14.5. The van der Waals surface area contributed by atoms with Crippen molar-refractivity contribution in [3.63, 3.8) is 0 Å². The second-order valence-corrected chi connectivity index (χ2v) is 7.75. The summed E-state index contributed by atoms with van der Waals surface area (Å²) >= 11 is 5.06. The molecule has 2 N–H and O–H groups in total. The smallest absolute Gasteiger partial charge is 0.257 e. The summed E-state index contributed by atoms with van der Waals surface area (Å²) in [6.07, 6.45) is 0.545. The van der Waals surface area contributed by atoms with Crippen LogP contribution in [0.15, 0.2) is 0 Å². The summed E-state index contributed by atoms with van der Waals surface area (Å²) in [5, 5.41) is 12.0. The molecule has 0 bridgehead atoms. The van der Waals surface area contributed by atoms with Gasteiger partial charge >= 0.3 is 0 Å². The molecule has 19 heavy (non-hydrogen) atoms. The van der Waals surface area contributed by atoms with Crippen LogP contribution in [-0.2, 0) is 14.6 Å². The van der Waals surface area contributed by atoms with Gasteiger partial charge in [-0.25, -0.2) is 8.42 Å². The predicted octanol–water partition coefficient (Wildman–Crippen LogP) is -0.621. The van der Waals surface area contributed by atoms with Gasteiger partial charge in [0, 0.05) is 13.1 Å². The Kier molecular flexibility index (Phi) is 5.97. The number of aliphatic hydroxyl groups is 1. The number of nitrogens with one attached hydrogen (secondary N) is 1. The van der Waals surface area contributed by atoms with Crippen LogP contribution in [0.25, 0.3) is 0 Å². The fraction of sp³-hybridized carbons (Fsp3) is 0.909. The second-order valence-electron chi connectivity index (χ2n) is 5.19. The lowest BCUT2D eigenvalue weighted by molar-refractivity contribution is 0.185. The molecule has 1 aliphatic heterocycles. The number of hydrogen-bond donors (Lipinski definition) is 2. The van der Waals surface area contributed by atoms with E-state index < -0.39 is 15.4 Å². The third-order valence-corrected chi connectivity index (χ3v) is 5.22. The average molecular weight is 310 g/mol. The first-order valence-electron chi connectivity index (χ1n) is 6.21. The molecule has 1 rings (SSSR count). The Hall–Kier alpha value is -0.440. The van der Waals surface area contributed by atoms with Crippen LogP contribution in [0.5, 0.6) is 0 Å². The van der Waals surface area contributed by atoms with Crippen LogP contribution in [0.4, 0.5) is 0 Å². The highest BCUT2D eigenvalue weighted by molar-refractivity contribution is 7.91. The van der Waals surface area contributed by atoms with E-state index in [1.807, 2.05) is 18.9 Å². The van der Waals surface area contributed by atoms with Gasteiger partial charge in [-0.1, -0.05) is 0 Å². The number of rotatable bonds is 6. The normalized spacial score (nSPS) is 25.5. The molecule has 0 aliphatic carbocycles. The van der Waals surface area contributed by atoms with Crippen molar-refractivity contribution in [1.82, 2.24) is 10.2 Å². The number of nitrogens with zero attached hydrogens (tertiary/aromatic N) is 1. The second kappa shape index (κ2) is 6.83. The van der Waals surface area contributed by atoms with Gasteiger partial charge < -0.3 is 20.1 Å². The Morgan fingerprint density at radius 2 is 2.21 bits per heavy atom. The van der Waals surface area contributed by atoms with E-state index in [9.17, 15) is 8.42 Å². The SMILES string of the molecule is CN(CCO)CCOC(=S)NC1(C)CCS(=O)(=O)C1. The van der Waals surface area contributed by atoms with Crippen LogP contribution in [0, 0.1) is 0 Å². The van der Waals surface area contributed by atoms with Gasteiger partial charge in [0.25, 0.3) is 5.17 Å². The van der Waals surface area contributed by atoms with E-state index in [0.717, 1.165) is 0 Å². The van der Waals surface area contributed by atoms with E-state index in [0.29, 0.717) is 26.1 Å². The summed E-state index contributed by atoms with van der Waals surface area (Å²) in [6, 6.07) is 0. The van der Waals surface area contributed by atoms with Gasteiger partial charge in [0.05, 0.1) is 23.7 Å². The Labute approximate surface area is 120 Å². The van der Waals surface area contributed by atoms with Crippen molar-refractivity contribution in [2.75, 3.05) is 44.9 Å². The quantitative estimate of drug-likeness (QED) is 0.633. The molecule has 0 saturated carbocycles. The minimum absolute atomic E-state index is 0.0912. The summed E-state index contributed by atoms with van der Waals surface area (Å²) < 4.78 is 28.3. The molecule has 0 aromatic carbocycles. The van der Waals surface area contributed by atoms with Crippen molar-refractivity contribution in [2.24, 2.45) is 0 Å². The summed E-state index contributed by atoms with van der Waals surface area (Å²) in [5.74, 6) is 0.284. The molecule has 1 unspecified atom stereocenters. The molecule has 0 aromatic heterocycles. The van der Waals surface area contributed by atoms with Gasteiger partial charge in [0.15, 0.2) is 9.84 Å². The lowest BCUT2D eigenvalue weighted by Gasteiger charge is -2.25. The summed E-state index contributed by atoms with van der Waals surface area (Å²) in [7, 11) is -1.08. The van der Waals surface area contributed by atoms with Crippen molar-refractivity contribution >= 4 is 27.2 Å². The maximum Gasteiger partial charge on any atom is 0.257 e. The predicted molar refractivity (Wildman–Crippen MR) is 77.9 cm³/mol. The highest BCUT2D eigenvalue weighted by Crippen LogP contribution is 2.22. The highest BCUT2D eigenvalue weighted by atomic mass is 32.2. The topological polar surface area (TPSA) is 78.9 Å². The molecule has 0 amide bonds. The van der Waals surface area contributed by atoms with Gasteiger partial charge in [-0.3, -0.25) is 0 Å². The number of thiocarbonyl (C=S) groups is 1. The van der Waals surface area contributed by atoms with Crippen LogP contribution in [0.1, 0.15) is 13.3 Å². The molecule has 0 aromatic rings. The number of ether oxygens (including phenoxy) is 1. The van der Waals surface area contributed by atoms with Crippen LogP contribution in [0.3, 0.4) is 0 Å². The first kappa shape index (κ1) is 16.6. The number of hydrogen-bond acceptors (Lipinski definition) is 6. The lowest BCUT2D eigenvalue weighted by atomic mass is 10.0. The van der Waals surface area contributed by atoms with Crippen molar-refractivity contribution in [3.05, 3.63) is 0 Å². The third kappa shape index (κ3) is 6.03. The first-order valence-corrected chi connectivity index (χ1v) is 8.44.